The van der Waals surface area contributed by atoms with Crippen molar-refractivity contribution in [3.05, 3.63) is 83.2 Å². The van der Waals surface area contributed by atoms with Gasteiger partial charge >= 0.3 is 6.18 Å². The molecule has 1 saturated heterocycles. The van der Waals surface area contributed by atoms with Crippen molar-refractivity contribution in [3.8, 4) is 11.3 Å². The molecule has 6 rings (SSSR count). The van der Waals surface area contributed by atoms with Gasteiger partial charge in [-0.1, -0.05) is 37.1 Å². The van der Waals surface area contributed by atoms with Gasteiger partial charge < -0.3 is 5.32 Å². The molecule has 1 atom stereocenters. The first kappa shape index (κ1) is 26.7. The minimum absolute atomic E-state index is 0.196. The van der Waals surface area contributed by atoms with E-state index >= 15 is 0 Å². The lowest BCUT2D eigenvalue weighted by Crippen LogP contribution is -2.33. The van der Waals surface area contributed by atoms with E-state index in [2.05, 4.69) is 15.3 Å². The predicted octanol–water partition coefficient (Wildman–Crippen LogP) is 7.62. The Hall–Kier alpha value is -3.53. The van der Waals surface area contributed by atoms with E-state index in [1.807, 2.05) is 12.1 Å². The summed E-state index contributed by atoms with van der Waals surface area (Å²) in [4.78, 5) is 2.55. The lowest BCUT2D eigenvalue weighted by molar-refractivity contribution is -0.136. The molecule has 0 radical (unpaired) electrons. The Morgan fingerprint density at radius 3 is 2.27 bits per heavy atom. The van der Waals surface area contributed by atoms with E-state index < -0.39 is 41.3 Å². The molecule has 40 heavy (non-hydrogen) atoms. The first-order chi connectivity index (χ1) is 19.2. The summed E-state index contributed by atoms with van der Waals surface area (Å²) in [6, 6.07) is 13.0. The smallest absolute Gasteiger partial charge is 0.381 e. The molecule has 4 nitrogen and oxygen atoms in total. The quantitative estimate of drug-likeness (QED) is 0.247. The number of nitrogens with zero attached hydrogens (tertiary/aromatic N) is 3. The first-order valence-electron chi connectivity index (χ1n) is 13.5. The molecular formula is C30H28F6N4. The van der Waals surface area contributed by atoms with Crippen LogP contribution in [0.1, 0.15) is 43.2 Å². The fraction of sp³-hybridized carbons (Fsp3) is 0.367. The minimum atomic E-state index is -4.68. The van der Waals surface area contributed by atoms with E-state index in [9.17, 15) is 26.3 Å². The maximum atomic E-state index is 14.5. The highest BCUT2D eigenvalue weighted by molar-refractivity contribution is 5.95. The van der Waals surface area contributed by atoms with Crippen molar-refractivity contribution in [2.24, 2.45) is 0 Å². The molecule has 1 aliphatic carbocycles. The summed E-state index contributed by atoms with van der Waals surface area (Å²) >= 11 is 0. The summed E-state index contributed by atoms with van der Waals surface area (Å²) in [5.74, 6) is -3.36. The molecular weight excluding hydrogens is 530 g/mol. The Labute approximate surface area is 227 Å². The van der Waals surface area contributed by atoms with Crippen LogP contribution >= 0.6 is 0 Å². The highest BCUT2D eigenvalue weighted by Crippen LogP contribution is 2.39. The molecule has 1 aromatic heterocycles. The molecule has 0 spiro atoms. The number of hydrogen-bond acceptors (Lipinski definition) is 3. The third-order valence-electron chi connectivity index (χ3n) is 8.08. The van der Waals surface area contributed by atoms with Crippen LogP contribution in [0.25, 0.3) is 22.2 Å². The molecule has 2 aliphatic rings. The van der Waals surface area contributed by atoms with Crippen molar-refractivity contribution in [2.45, 2.75) is 56.9 Å². The van der Waals surface area contributed by atoms with Crippen LogP contribution < -0.4 is 5.32 Å². The van der Waals surface area contributed by atoms with Gasteiger partial charge in [-0.05, 0) is 37.5 Å². The normalized spacial score (nSPS) is 18.7. The Bertz CT molecular complexity index is 1500. The van der Waals surface area contributed by atoms with Crippen LogP contribution in [0.15, 0.2) is 54.6 Å². The number of hydrogen-bond donors (Lipinski definition) is 1. The molecule has 3 aromatic carbocycles. The van der Waals surface area contributed by atoms with Crippen molar-refractivity contribution in [1.82, 2.24) is 14.7 Å². The van der Waals surface area contributed by atoms with Crippen LogP contribution in [0, 0.1) is 17.5 Å². The van der Waals surface area contributed by atoms with Crippen LogP contribution in [0.4, 0.5) is 32.0 Å². The molecule has 0 amide bonds. The predicted molar refractivity (Wildman–Crippen MR) is 141 cm³/mol. The molecule has 4 aromatic rings. The molecule has 2 heterocycles. The average Bonchev–Trinajstić information content (AvgIpc) is 3.66. The Balaban J connectivity index is 1.33. The van der Waals surface area contributed by atoms with Crippen LogP contribution in [0.3, 0.4) is 0 Å². The summed E-state index contributed by atoms with van der Waals surface area (Å²) in [6.45, 7) is 1.51. The van der Waals surface area contributed by atoms with E-state index in [0.29, 0.717) is 29.8 Å². The van der Waals surface area contributed by atoms with Crippen molar-refractivity contribution in [2.75, 3.05) is 18.4 Å². The summed E-state index contributed by atoms with van der Waals surface area (Å²) in [6.07, 6.45) is 1.44. The molecule has 1 N–H and O–H groups in total. The zero-order valence-corrected chi connectivity index (χ0v) is 21.6. The molecule has 2 fully saturated rings. The minimum Gasteiger partial charge on any atom is -0.381 e. The van der Waals surface area contributed by atoms with Gasteiger partial charge in [0.2, 0.25) is 0 Å². The third-order valence-corrected chi connectivity index (χ3v) is 8.08. The summed E-state index contributed by atoms with van der Waals surface area (Å²) in [5.41, 5.74) is -0.0674. The number of benzene rings is 3. The van der Waals surface area contributed by atoms with Gasteiger partial charge in [0, 0.05) is 59.5 Å². The van der Waals surface area contributed by atoms with Crippen LogP contribution in [0.5, 0.6) is 0 Å². The molecule has 210 valence electrons. The van der Waals surface area contributed by atoms with Gasteiger partial charge in [0.1, 0.15) is 23.0 Å². The van der Waals surface area contributed by atoms with E-state index in [-0.39, 0.29) is 16.6 Å². The van der Waals surface area contributed by atoms with E-state index in [4.69, 9.17) is 0 Å². The molecule has 10 heteroatoms. The van der Waals surface area contributed by atoms with Gasteiger partial charge in [-0.2, -0.15) is 18.3 Å². The number of alkyl halides is 3. The average molecular weight is 559 g/mol. The summed E-state index contributed by atoms with van der Waals surface area (Å²) in [7, 11) is 0. The number of likely N-dealkylation sites (tertiary alicyclic amines) is 1. The number of nitrogens with one attached hydrogen (secondary N) is 1. The monoisotopic (exact) mass is 558 g/mol. The maximum absolute atomic E-state index is 14.5. The van der Waals surface area contributed by atoms with Gasteiger partial charge in [0.25, 0.3) is 0 Å². The third kappa shape index (κ3) is 5.16. The highest BCUT2D eigenvalue weighted by atomic mass is 19.4. The topological polar surface area (TPSA) is 33.1 Å². The largest absolute Gasteiger partial charge is 0.418 e. The molecule has 1 saturated carbocycles. The molecule has 0 bridgehead atoms. The van der Waals surface area contributed by atoms with E-state index in [1.54, 1.807) is 12.1 Å². The van der Waals surface area contributed by atoms with E-state index in [1.165, 1.54) is 37.8 Å². The van der Waals surface area contributed by atoms with Gasteiger partial charge in [-0.3, -0.25) is 9.58 Å². The number of aromatic nitrogens is 2. The van der Waals surface area contributed by atoms with Crippen molar-refractivity contribution < 1.29 is 26.3 Å². The Morgan fingerprint density at radius 1 is 0.900 bits per heavy atom. The molecule has 0 unspecified atom stereocenters. The van der Waals surface area contributed by atoms with Crippen LogP contribution in [0.2, 0.25) is 0 Å². The Morgan fingerprint density at radius 2 is 1.60 bits per heavy atom. The second-order valence-electron chi connectivity index (χ2n) is 10.7. The molecule has 1 aliphatic heterocycles. The first-order valence-corrected chi connectivity index (χ1v) is 13.5. The van der Waals surface area contributed by atoms with Gasteiger partial charge in [-0.15, -0.1) is 0 Å². The lowest BCUT2D eigenvalue weighted by Gasteiger charge is -2.23. The maximum Gasteiger partial charge on any atom is 0.418 e. The standard InChI is InChI=1S/C30H28F6N4/c31-19-14-26(32)24(27(33)15-19)17-40-29(23-6-3-7-25(28(23)38-40)30(34,35)36)18-8-10-20(11-9-18)37-21-12-13-39(16-21)22-4-1-2-5-22/h3,6-11,14-15,21-22,37H,1-2,4-5,12-13,16-17H2/t21-/m1/s1. The number of rotatable bonds is 6. The van der Waals surface area contributed by atoms with Gasteiger partial charge in [-0.25, -0.2) is 13.2 Å². The van der Waals surface area contributed by atoms with Crippen molar-refractivity contribution in [3.63, 3.8) is 0 Å². The summed E-state index contributed by atoms with van der Waals surface area (Å²) in [5, 5.41) is 7.91. The summed E-state index contributed by atoms with van der Waals surface area (Å²) < 4.78 is 85.1. The fourth-order valence-electron chi connectivity index (χ4n) is 6.14. The lowest BCUT2D eigenvalue weighted by atomic mass is 10.0. The number of halogens is 6. The second kappa shape index (κ2) is 10.5. The van der Waals surface area contributed by atoms with Crippen molar-refractivity contribution >= 4 is 16.6 Å². The van der Waals surface area contributed by atoms with Gasteiger partial charge in [0.05, 0.1) is 17.8 Å². The fourth-order valence-corrected chi connectivity index (χ4v) is 6.14. The van der Waals surface area contributed by atoms with E-state index in [0.717, 1.165) is 35.9 Å². The number of fused-ring (bicyclic) bond motifs is 1. The highest BCUT2D eigenvalue weighted by Gasteiger charge is 2.35. The zero-order valence-electron chi connectivity index (χ0n) is 21.6. The second-order valence-corrected chi connectivity index (χ2v) is 10.7. The van der Waals surface area contributed by atoms with Crippen molar-refractivity contribution in [1.29, 1.82) is 0 Å². The Kier molecular flexibility index (Phi) is 6.98. The van der Waals surface area contributed by atoms with Gasteiger partial charge in [0.15, 0.2) is 0 Å². The SMILES string of the molecule is Fc1cc(F)c(Cn2nc3c(C(F)(F)F)cccc3c2-c2ccc(N[C@@H]3CCN(C4CCCC4)C3)cc2)c(F)c1. The van der Waals surface area contributed by atoms with Crippen LogP contribution in [-0.4, -0.2) is 39.9 Å². The zero-order chi connectivity index (χ0) is 28.0. The number of anilines is 1. The van der Waals surface area contributed by atoms with Crippen LogP contribution in [-0.2, 0) is 12.7 Å².